The van der Waals surface area contributed by atoms with Crippen molar-refractivity contribution in [3.8, 4) is 0 Å². The Morgan fingerprint density at radius 1 is 0.943 bits per heavy atom. The van der Waals surface area contributed by atoms with Crippen molar-refractivity contribution in [3.63, 3.8) is 0 Å². The minimum absolute atomic E-state index is 0.0668. The fraction of sp³-hybridized carbons (Fsp3) is 0.545. The van der Waals surface area contributed by atoms with Gasteiger partial charge in [0.05, 0.1) is 13.0 Å². The maximum absolute atomic E-state index is 12.6. The van der Waals surface area contributed by atoms with Gasteiger partial charge < -0.3 is 28.4 Å². The second-order valence-corrected chi connectivity index (χ2v) is 7.52. The fourth-order valence-electron chi connectivity index (χ4n) is 3.55. The minimum Gasteiger partial charge on any atom is -0.463 e. The van der Waals surface area contributed by atoms with E-state index < -0.39 is 54.6 Å². The van der Waals surface area contributed by atoms with Crippen LogP contribution in [-0.4, -0.2) is 68.3 Å². The maximum atomic E-state index is 12.6. The Bertz CT molecular complexity index is 978. The summed E-state index contributed by atoms with van der Waals surface area (Å²) >= 11 is 0. The monoisotopic (exact) mass is 493 g/mol. The van der Waals surface area contributed by atoms with Gasteiger partial charge in [0.25, 0.3) is 0 Å². The Kier molecular flexibility index (Phi) is 10.5. The lowest BCUT2D eigenvalue weighted by atomic mass is 9.98. The lowest BCUT2D eigenvalue weighted by Crippen LogP contribution is -2.62. The van der Waals surface area contributed by atoms with Gasteiger partial charge in [-0.15, -0.1) is 0 Å². The summed E-state index contributed by atoms with van der Waals surface area (Å²) in [7, 11) is 1.28. The number of esters is 4. The second-order valence-electron chi connectivity index (χ2n) is 7.52. The highest BCUT2D eigenvalue weighted by molar-refractivity contribution is 5.73. The lowest BCUT2D eigenvalue weighted by molar-refractivity contribution is -0.302. The maximum Gasteiger partial charge on any atom is 0.310 e. The van der Waals surface area contributed by atoms with Crippen LogP contribution in [0.3, 0.4) is 0 Å². The highest BCUT2D eigenvalue weighted by atomic mass is 16.7. The molecule has 0 unspecified atom stereocenters. The van der Waals surface area contributed by atoms with Crippen molar-refractivity contribution < 1.29 is 47.6 Å². The number of hydrogen-bond donors (Lipinski definition) is 0. The molecule has 1 aromatic carbocycles. The molecule has 1 aromatic rings. The number of carbonyl (C=O) groups excluding carboxylic acids is 4. The third-order valence-corrected chi connectivity index (χ3v) is 4.90. The van der Waals surface area contributed by atoms with Crippen molar-refractivity contribution in [1.29, 1.82) is 0 Å². The van der Waals surface area contributed by atoms with Crippen LogP contribution in [0.2, 0.25) is 0 Å². The van der Waals surface area contributed by atoms with Crippen molar-refractivity contribution in [2.75, 3.05) is 13.7 Å². The molecule has 0 aliphatic carbocycles. The number of ether oxygens (including phenoxy) is 6. The summed E-state index contributed by atoms with van der Waals surface area (Å²) in [6, 6.07) is 6.89. The molecule has 0 spiro atoms. The summed E-state index contributed by atoms with van der Waals surface area (Å²) in [6.45, 7) is 3.09. The molecule has 13 nitrogen and oxygen atoms in total. The molecule has 0 bridgehead atoms. The molecular formula is C22H27N3O10. The molecule has 5 atom stereocenters. The summed E-state index contributed by atoms with van der Waals surface area (Å²) < 4.78 is 32.2. The Labute approximate surface area is 201 Å². The largest absolute Gasteiger partial charge is 0.463 e. The van der Waals surface area contributed by atoms with Crippen LogP contribution < -0.4 is 0 Å². The average Bonchev–Trinajstić information content (AvgIpc) is 2.79. The van der Waals surface area contributed by atoms with Crippen molar-refractivity contribution >= 4 is 23.9 Å². The topological polar surface area (TPSA) is 172 Å². The number of azide groups is 1. The lowest BCUT2D eigenvalue weighted by Gasteiger charge is -2.43. The van der Waals surface area contributed by atoms with E-state index in [9.17, 15) is 19.2 Å². The molecule has 1 heterocycles. The molecule has 1 fully saturated rings. The van der Waals surface area contributed by atoms with E-state index in [-0.39, 0.29) is 19.6 Å². The van der Waals surface area contributed by atoms with Crippen LogP contribution in [0.25, 0.3) is 10.4 Å². The third-order valence-electron chi connectivity index (χ3n) is 4.90. The van der Waals surface area contributed by atoms with Crippen molar-refractivity contribution in [1.82, 2.24) is 0 Å². The first-order chi connectivity index (χ1) is 16.7. The van der Waals surface area contributed by atoms with Gasteiger partial charge in [-0.3, -0.25) is 19.2 Å². The van der Waals surface area contributed by atoms with Crippen LogP contribution in [0.5, 0.6) is 0 Å². The van der Waals surface area contributed by atoms with Gasteiger partial charge in [0, 0.05) is 32.8 Å². The molecule has 35 heavy (non-hydrogen) atoms. The van der Waals surface area contributed by atoms with Crippen molar-refractivity contribution in [2.24, 2.45) is 5.11 Å². The van der Waals surface area contributed by atoms with Crippen LogP contribution in [0.15, 0.2) is 29.4 Å². The van der Waals surface area contributed by atoms with Crippen LogP contribution in [0, 0.1) is 0 Å². The quantitative estimate of drug-likeness (QED) is 0.154. The van der Waals surface area contributed by atoms with E-state index in [0.29, 0.717) is 11.1 Å². The molecule has 0 amide bonds. The second kappa shape index (κ2) is 13.3. The van der Waals surface area contributed by atoms with Gasteiger partial charge in [0.2, 0.25) is 0 Å². The number of methoxy groups -OCH3 is 1. The highest BCUT2D eigenvalue weighted by Crippen LogP contribution is 2.29. The summed E-state index contributed by atoms with van der Waals surface area (Å²) in [5.74, 6) is -2.79. The first-order valence-corrected chi connectivity index (χ1v) is 10.6. The molecule has 0 saturated carbocycles. The Balaban J connectivity index is 2.21. The molecule has 1 aliphatic heterocycles. The Morgan fingerprint density at radius 3 is 2.09 bits per heavy atom. The molecular weight excluding hydrogens is 466 g/mol. The molecule has 0 aromatic heterocycles. The molecule has 13 heteroatoms. The van der Waals surface area contributed by atoms with Crippen molar-refractivity contribution in [3.05, 3.63) is 45.8 Å². The van der Waals surface area contributed by atoms with Crippen LogP contribution >= 0.6 is 0 Å². The van der Waals surface area contributed by atoms with E-state index in [4.69, 9.17) is 34.0 Å². The van der Waals surface area contributed by atoms with Gasteiger partial charge in [0.15, 0.2) is 24.6 Å². The minimum atomic E-state index is -1.28. The van der Waals surface area contributed by atoms with E-state index in [1.807, 2.05) is 0 Å². The van der Waals surface area contributed by atoms with E-state index in [1.54, 1.807) is 24.3 Å². The summed E-state index contributed by atoms with van der Waals surface area (Å²) in [4.78, 5) is 50.4. The zero-order valence-electron chi connectivity index (χ0n) is 19.7. The Morgan fingerprint density at radius 2 is 1.51 bits per heavy atom. The fourth-order valence-corrected chi connectivity index (χ4v) is 3.55. The molecule has 1 saturated heterocycles. The molecule has 1 aliphatic rings. The Hall–Kier alpha value is -3.67. The highest BCUT2D eigenvalue weighted by Gasteiger charge is 2.52. The predicted octanol–water partition coefficient (Wildman–Crippen LogP) is 1.75. The van der Waals surface area contributed by atoms with E-state index in [0.717, 1.165) is 20.8 Å². The normalized spacial score (nSPS) is 23.4. The predicted molar refractivity (Wildman–Crippen MR) is 116 cm³/mol. The summed E-state index contributed by atoms with van der Waals surface area (Å²) in [6.07, 6.45) is -6.24. The van der Waals surface area contributed by atoms with Gasteiger partial charge in [0.1, 0.15) is 12.7 Å². The zero-order chi connectivity index (χ0) is 26.0. The van der Waals surface area contributed by atoms with Gasteiger partial charge >= 0.3 is 23.9 Å². The molecule has 0 N–H and O–H groups in total. The molecule has 2 rings (SSSR count). The number of benzene rings is 1. The van der Waals surface area contributed by atoms with E-state index >= 15 is 0 Å². The smallest absolute Gasteiger partial charge is 0.310 e. The third kappa shape index (κ3) is 8.25. The average molecular weight is 493 g/mol. The summed E-state index contributed by atoms with van der Waals surface area (Å²) in [5, 5.41) is 3.51. The number of rotatable bonds is 10. The number of carbonyl (C=O) groups is 4. The first-order valence-electron chi connectivity index (χ1n) is 10.6. The molecule has 190 valence electrons. The SMILES string of the molecule is CO[C@H]1O[C@H](COC(=O)Cc2ccccc2CN=[N+]=[N-])[C@@H](OC(C)=O)[C@H](OC(C)=O)[C@H]1OC(C)=O. The molecule has 0 radical (unpaired) electrons. The number of nitrogens with zero attached hydrogens (tertiary/aromatic N) is 3. The standard InChI is InChI=1S/C22H27N3O10/c1-12(26)32-19-17(35-22(30-4)21(34-14(3)28)20(19)33-13(2)27)11-31-18(29)9-15-7-5-6-8-16(15)10-24-25-23/h5-8,17,19-22H,9-11H2,1-4H3/t17-,19-,20+,21-,22+/m1/s1. The number of hydrogen-bond acceptors (Lipinski definition) is 11. The van der Waals surface area contributed by atoms with Gasteiger partial charge in [-0.05, 0) is 16.7 Å². The van der Waals surface area contributed by atoms with Crippen LogP contribution in [0.4, 0.5) is 0 Å². The first kappa shape index (κ1) is 27.6. The van der Waals surface area contributed by atoms with E-state index in [2.05, 4.69) is 10.0 Å². The summed E-state index contributed by atoms with van der Waals surface area (Å²) in [5.41, 5.74) is 9.81. The van der Waals surface area contributed by atoms with Crippen LogP contribution in [-0.2, 0) is 60.6 Å². The van der Waals surface area contributed by atoms with Crippen LogP contribution in [0.1, 0.15) is 31.9 Å². The van der Waals surface area contributed by atoms with Gasteiger partial charge in [-0.1, -0.05) is 29.4 Å². The van der Waals surface area contributed by atoms with E-state index in [1.165, 1.54) is 7.11 Å². The zero-order valence-corrected chi connectivity index (χ0v) is 19.7. The van der Waals surface area contributed by atoms with Gasteiger partial charge in [-0.25, -0.2) is 0 Å². The van der Waals surface area contributed by atoms with Gasteiger partial charge in [-0.2, -0.15) is 0 Å². The van der Waals surface area contributed by atoms with Crippen molar-refractivity contribution in [2.45, 2.75) is 64.4 Å².